The van der Waals surface area contributed by atoms with Crippen LogP contribution in [0.3, 0.4) is 0 Å². The maximum atomic E-state index is 11.3. The van der Waals surface area contributed by atoms with Gasteiger partial charge in [-0.05, 0) is 13.0 Å². The summed E-state index contributed by atoms with van der Waals surface area (Å²) in [4.78, 5) is 22.3. The average Bonchev–Trinajstić information content (AvgIpc) is 2.37. The number of thioether (sulfide) groups is 1. The first-order valence-corrected chi connectivity index (χ1v) is 6.86. The van der Waals surface area contributed by atoms with E-state index in [0.29, 0.717) is 10.6 Å². The molecule has 7 nitrogen and oxygen atoms in total. The molecule has 108 valence electrons. The standard InChI is InChI=1S/C12H14N2O5S/c1-6(15)7(2)20-11-3-8-10(4-9(11)14(17)18)19-5-12(16)13-8/h3-4,6-7,15H,5H2,1-2H3,(H,13,16). The SMILES string of the molecule is CC(O)C(C)Sc1cc2c(cc1[N+](=O)[O-])OCC(=O)N2. The number of hydrogen-bond acceptors (Lipinski definition) is 6. The first-order chi connectivity index (χ1) is 9.38. The Morgan fingerprint density at radius 1 is 1.50 bits per heavy atom. The molecule has 0 aliphatic carbocycles. The number of rotatable bonds is 4. The van der Waals surface area contributed by atoms with Crippen LogP contribution in [0.5, 0.6) is 5.75 Å². The van der Waals surface area contributed by atoms with Gasteiger partial charge in [-0.15, -0.1) is 11.8 Å². The molecule has 2 atom stereocenters. The summed E-state index contributed by atoms with van der Waals surface area (Å²) in [5.41, 5.74) is 0.310. The number of benzene rings is 1. The van der Waals surface area contributed by atoms with E-state index in [-0.39, 0.29) is 29.2 Å². The number of nitrogens with one attached hydrogen (secondary N) is 1. The van der Waals surface area contributed by atoms with Crippen LogP contribution in [0.2, 0.25) is 0 Å². The first kappa shape index (κ1) is 14.6. The summed E-state index contributed by atoms with van der Waals surface area (Å²) in [5, 5.41) is 23.0. The van der Waals surface area contributed by atoms with Gasteiger partial charge >= 0.3 is 0 Å². The molecule has 2 unspecified atom stereocenters. The van der Waals surface area contributed by atoms with Crippen molar-refractivity contribution < 1.29 is 19.6 Å². The molecule has 1 aromatic rings. The van der Waals surface area contributed by atoms with Crippen LogP contribution in [-0.2, 0) is 4.79 Å². The third-order valence-corrected chi connectivity index (χ3v) is 4.23. The van der Waals surface area contributed by atoms with Gasteiger partial charge in [0.05, 0.1) is 27.7 Å². The van der Waals surface area contributed by atoms with E-state index in [1.165, 1.54) is 23.9 Å². The topological polar surface area (TPSA) is 102 Å². The molecule has 8 heteroatoms. The van der Waals surface area contributed by atoms with Gasteiger partial charge in [0.1, 0.15) is 0 Å². The van der Waals surface area contributed by atoms with Crippen LogP contribution in [0.1, 0.15) is 13.8 Å². The van der Waals surface area contributed by atoms with Gasteiger partial charge in [-0.2, -0.15) is 0 Å². The lowest BCUT2D eigenvalue weighted by molar-refractivity contribution is -0.387. The normalized spacial score (nSPS) is 16.6. The number of nitro benzene ring substituents is 1. The maximum absolute atomic E-state index is 11.3. The zero-order valence-electron chi connectivity index (χ0n) is 11.0. The molecule has 0 saturated carbocycles. The highest BCUT2D eigenvalue weighted by atomic mass is 32.2. The lowest BCUT2D eigenvalue weighted by atomic mass is 10.2. The minimum atomic E-state index is -0.610. The van der Waals surface area contributed by atoms with Crippen LogP contribution < -0.4 is 10.1 Å². The van der Waals surface area contributed by atoms with Crippen LogP contribution >= 0.6 is 11.8 Å². The van der Waals surface area contributed by atoms with Gasteiger partial charge in [0.2, 0.25) is 0 Å². The molecule has 0 bridgehead atoms. The molecule has 2 rings (SSSR count). The van der Waals surface area contributed by atoms with Crippen molar-refractivity contribution in [1.82, 2.24) is 0 Å². The van der Waals surface area contributed by atoms with Crippen molar-refractivity contribution in [3.8, 4) is 5.75 Å². The summed E-state index contributed by atoms with van der Waals surface area (Å²) in [5.74, 6) is -0.0174. The highest BCUT2D eigenvalue weighted by Gasteiger charge is 2.25. The van der Waals surface area contributed by atoms with E-state index in [1.807, 2.05) is 0 Å². The monoisotopic (exact) mass is 298 g/mol. The number of nitrogens with zero attached hydrogens (tertiary/aromatic N) is 1. The predicted molar refractivity (Wildman–Crippen MR) is 74.2 cm³/mol. The summed E-state index contributed by atoms with van der Waals surface area (Å²) >= 11 is 1.18. The van der Waals surface area contributed by atoms with Crippen molar-refractivity contribution in [3.05, 3.63) is 22.2 Å². The van der Waals surface area contributed by atoms with E-state index >= 15 is 0 Å². The molecule has 0 fully saturated rings. The third-order valence-electron chi connectivity index (χ3n) is 2.88. The van der Waals surface area contributed by atoms with Gasteiger partial charge in [-0.3, -0.25) is 14.9 Å². The lowest BCUT2D eigenvalue weighted by Gasteiger charge is -2.20. The number of ether oxygens (including phenoxy) is 1. The number of fused-ring (bicyclic) bond motifs is 1. The molecule has 1 aliphatic rings. The van der Waals surface area contributed by atoms with E-state index in [9.17, 15) is 20.0 Å². The van der Waals surface area contributed by atoms with Gasteiger partial charge < -0.3 is 15.2 Å². The molecular weight excluding hydrogens is 284 g/mol. The van der Waals surface area contributed by atoms with Gasteiger partial charge in [0.15, 0.2) is 12.4 Å². The summed E-state index contributed by atoms with van der Waals surface area (Å²) in [7, 11) is 0. The van der Waals surface area contributed by atoms with E-state index in [4.69, 9.17) is 4.74 Å². The van der Waals surface area contributed by atoms with Crippen molar-refractivity contribution in [2.24, 2.45) is 0 Å². The van der Waals surface area contributed by atoms with E-state index in [0.717, 1.165) is 0 Å². The summed E-state index contributed by atoms with van der Waals surface area (Å²) in [6, 6.07) is 2.81. The van der Waals surface area contributed by atoms with Crippen LogP contribution in [0, 0.1) is 10.1 Å². The Balaban J connectivity index is 2.40. The van der Waals surface area contributed by atoms with Crippen molar-refractivity contribution in [1.29, 1.82) is 0 Å². The molecule has 1 amide bonds. The quantitative estimate of drug-likeness (QED) is 0.499. The number of carbonyl (C=O) groups is 1. The first-order valence-electron chi connectivity index (χ1n) is 5.98. The van der Waals surface area contributed by atoms with Gasteiger partial charge in [-0.1, -0.05) is 6.92 Å². The van der Waals surface area contributed by atoms with E-state index in [2.05, 4.69) is 5.32 Å². The summed E-state index contributed by atoms with van der Waals surface area (Å²) in [6.07, 6.45) is -0.610. The molecule has 0 radical (unpaired) electrons. The number of anilines is 1. The molecule has 1 heterocycles. The maximum Gasteiger partial charge on any atom is 0.286 e. The Hall–Kier alpha value is -1.80. The molecule has 20 heavy (non-hydrogen) atoms. The average molecular weight is 298 g/mol. The second-order valence-electron chi connectivity index (χ2n) is 4.47. The fraction of sp³-hybridized carbons (Fsp3) is 0.417. The van der Waals surface area contributed by atoms with Crippen LogP contribution in [-0.4, -0.2) is 33.9 Å². The number of amides is 1. The van der Waals surface area contributed by atoms with Gasteiger partial charge in [0, 0.05) is 5.25 Å². The third kappa shape index (κ3) is 3.02. The van der Waals surface area contributed by atoms with Crippen LogP contribution in [0.25, 0.3) is 0 Å². The molecule has 2 N–H and O–H groups in total. The minimum absolute atomic E-state index is 0.0996. The van der Waals surface area contributed by atoms with Crippen molar-refractivity contribution in [2.45, 2.75) is 30.1 Å². The molecule has 0 aromatic heterocycles. The van der Waals surface area contributed by atoms with E-state index in [1.54, 1.807) is 13.8 Å². The predicted octanol–water partition coefficient (Wildman–Crippen LogP) is 1.79. The molecule has 1 aliphatic heterocycles. The van der Waals surface area contributed by atoms with E-state index < -0.39 is 11.0 Å². The molecule has 0 saturated heterocycles. The lowest BCUT2D eigenvalue weighted by Crippen LogP contribution is -2.25. The number of aliphatic hydroxyl groups excluding tert-OH is 1. The Kier molecular flexibility index (Phi) is 4.15. The largest absolute Gasteiger partial charge is 0.481 e. The zero-order valence-corrected chi connectivity index (χ0v) is 11.8. The number of hydrogen-bond donors (Lipinski definition) is 2. The second-order valence-corrected chi connectivity index (χ2v) is 5.89. The molecule has 0 spiro atoms. The van der Waals surface area contributed by atoms with Crippen molar-refractivity contribution >= 4 is 29.0 Å². The van der Waals surface area contributed by atoms with Crippen molar-refractivity contribution in [2.75, 3.05) is 11.9 Å². The zero-order chi connectivity index (χ0) is 14.9. The Bertz CT molecular complexity index is 561. The van der Waals surface area contributed by atoms with Gasteiger partial charge in [-0.25, -0.2) is 0 Å². The number of aliphatic hydroxyl groups is 1. The molecule has 1 aromatic carbocycles. The Morgan fingerprint density at radius 2 is 2.20 bits per heavy atom. The minimum Gasteiger partial charge on any atom is -0.481 e. The summed E-state index contributed by atoms with van der Waals surface area (Å²) in [6.45, 7) is 3.24. The van der Waals surface area contributed by atoms with Crippen molar-refractivity contribution in [3.63, 3.8) is 0 Å². The smallest absolute Gasteiger partial charge is 0.286 e. The molecular formula is C12H14N2O5S. The van der Waals surface area contributed by atoms with Crippen LogP contribution in [0.4, 0.5) is 11.4 Å². The fourth-order valence-corrected chi connectivity index (χ4v) is 2.67. The Labute approximate surface area is 119 Å². The fourth-order valence-electron chi connectivity index (χ4n) is 1.63. The highest BCUT2D eigenvalue weighted by molar-refractivity contribution is 8.00. The highest BCUT2D eigenvalue weighted by Crippen LogP contribution is 2.41. The number of carbonyl (C=O) groups excluding carboxylic acids is 1. The number of nitro groups is 1. The summed E-state index contributed by atoms with van der Waals surface area (Å²) < 4.78 is 5.16. The van der Waals surface area contributed by atoms with Gasteiger partial charge in [0.25, 0.3) is 11.6 Å². The van der Waals surface area contributed by atoms with Crippen LogP contribution in [0.15, 0.2) is 17.0 Å². The second kappa shape index (κ2) is 5.68. The Morgan fingerprint density at radius 3 is 2.80 bits per heavy atom.